The lowest BCUT2D eigenvalue weighted by Crippen LogP contribution is -2.03. The highest BCUT2D eigenvalue weighted by Crippen LogP contribution is 2.38. The van der Waals surface area contributed by atoms with E-state index in [-0.39, 0.29) is 6.79 Å². The number of nitrogens with two attached hydrogens (primary N) is 1. The summed E-state index contributed by atoms with van der Waals surface area (Å²) in [7, 11) is 0. The quantitative estimate of drug-likeness (QED) is 0.929. The van der Waals surface area contributed by atoms with E-state index in [1.165, 1.54) is 5.56 Å². The molecule has 0 aromatic heterocycles. The lowest BCUT2D eigenvalue weighted by atomic mass is 10.1. The monoisotopic (exact) mass is 271 g/mol. The molecule has 2 aromatic carbocycles. The van der Waals surface area contributed by atoms with Gasteiger partial charge in [0, 0.05) is 18.2 Å². The van der Waals surface area contributed by atoms with Crippen molar-refractivity contribution in [3.8, 4) is 17.2 Å². The van der Waals surface area contributed by atoms with Crippen molar-refractivity contribution in [1.82, 2.24) is 0 Å². The van der Waals surface area contributed by atoms with Gasteiger partial charge in [-0.05, 0) is 18.6 Å². The van der Waals surface area contributed by atoms with Crippen LogP contribution in [0.3, 0.4) is 0 Å². The van der Waals surface area contributed by atoms with Gasteiger partial charge >= 0.3 is 0 Å². The van der Waals surface area contributed by atoms with Crippen molar-refractivity contribution in [2.24, 2.45) is 5.73 Å². The molecular formula is C16H17NO3. The molecule has 104 valence electrons. The van der Waals surface area contributed by atoms with E-state index in [1.54, 1.807) is 0 Å². The number of hydrogen-bond acceptors (Lipinski definition) is 4. The van der Waals surface area contributed by atoms with Gasteiger partial charge in [-0.25, -0.2) is 0 Å². The van der Waals surface area contributed by atoms with Crippen LogP contribution in [0.2, 0.25) is 0 Å². The third-order valence-electron chi connectivity index (χ3n) is 3.29. The topological polar surface area (TPSA) is 53.7 Å². The van der Waals surface area contributed by atoms with Gasteiger partial charge in [0.15, 0.2) is 11.5 Å². The maximum atomic E-state index is 5.86. The summed E-state index contributed by atoms with van der Waals surface area (Å²) in [6.07, 6.45) is 0. The van der Waals surface area contributed by atoms with Crippen molar-refractivity contribution in [2.75, 3.05) is 6.79 Å². The molecule has 0 aliphatic carbocycles. The van der Waals surface area contributed by atoms with Crippen LogP contribution in [0.15, 0.2) is 36.4 Å². The Kier molecular flexibility index (Phi) is 3.48. The number of fused-ring (bicyclic) bond motifs is 1. The molecule has 0 radical (unpaired) electrons. The Labute approximate surface area is 118 Å². The van der Waals surface area contributed by atoms with Gasteiger partial charge in [0.05, 0.1) is 0 Å². The van der Waals surface area contributed by atoms with Gasteiger partial charge in [-0.1, -0.05) is 29.8 Å². The smallest absolute Gasteiger partial charge is 0.231 e. The molecule has 4 nitrogen and oxygen atoms in total. The predicted molar refractivity (Wildman–Crippen MR) is 76.0 cm³/mol. The summed E-state index contributed by atoms with van der Waals surface area (Å²) in [5.41, 5.74) is 9.03. The highest BCUT2D eigenvalue weighted by atomic mass is 16.7. The third kappa shape index (κ3) is 2.56. The first kappa shape index (κ1) is 12.8. The van der Waals surface area contributed by atoms with Crippen LogP contribution in [0.25, 0.3) is 0 Å². The summed E-state index contributed by atoms with van der Waals surface area (Å²) in [6, 6.07) is 12.0. The minimum absolute atomic E-state index is 0.251. The van der Waals surface area contributed by atoms with Crippen molar-refractivity contribution in [1.29, 1.82) is 0 Å². The van der Waals surface area contributed by atoms with Crippen LogP contribution in [-0.2, 0) is 13.2 Å². The Bertz CT molecular complexity index is 608. The number of benzene rings is 2. The van der Waals surface area contributed by atoms with Crippen LogP contribution in [-0.4, -0.2) is 6.79 Å². The molecule has 2 N–H and O–H groups in total. The predicted octanol–water partition coefficient (Wildman–Crippen LogP) is 2.76. The highest BCUT2D eigenvalue weighted by molar-refractivity contribution is 5.51. The van der Waals surface area contributed by atoms with Gasteiger partial charge < -0.3 is 19.9 Å². The molecule has 0 unspecified atom stereocenters. The standard InChI is InChI=1S/C16H17NO3/c1-11-2-4-12(5-3-11)9-18-14-7-16-15(19-10-20-16)6-13(14)8-17/h2-7H,8-10,17H2,1H3. The van der Waals surface area contributed by atoms with Gasteiger partial charge in [-0.3, -0.25) is 0 Å². The zero-order valence-electron chi connectivity index (χ0n) is 11.4. The summed E-state index contributed by atoms with van der Waals surface area (Å²) in [4.78, 5) is 0. The first-order chi connectivity index (χ1) is 9.76. The van der Waals surface area contributed by atoms with Crippen molar-refractivity contribution in [2.45, 2.75) is 20.1 Å². The van der Waals surface area contributed by atoms with Gasteiger partial charge in [-0.2, -0.15) is 0 Å². The van der Waals surface area contributed by atoms with Crippen molar-refractivity contribution in [3.05, 3.63) is 53.1 Å². The highest BCUT2D eigenvalue weighted by Gasteiger charge is 2.17. The minimum atomic E-state index is 0.251. The SMILES string of the molecule is Cc1ccc(COc2cc3c(cc2CN)OCO3)cc1. The zero-order chi connectivity index (χ0) is 13.9. The summed E-state index contributed by atoms with van der Waals surface area (Å²) in [6.45, 7) is 3.22. The Hall–Kier alpha value is -2.20. The van der Waals surface area contributed by atoms with Crippen molar-refractivity contribution >= 4 is 0 Å². The van der Waals surface area contributed by atoms with E-state index >= 15 is 0 Å². The minimum Gasteiger partial charge on any atom is -0.488 e. The number of ether oxygens (including phenoxy) is 3. The first-order valence-corrected chi connectivity index (χ1v) is 6.57. The van der Waals surface area contributed by atoms with Gasteiger partial charge in [0.25, 0.3) is 0 Å². The lowest BCUT2D eigenvalue weighted by molar-refractivity contribution is 0.173. The van der Waals surface area contributed by atoms with E-state index in [1.807, 2.05) is 12.1 Å². The molecule has 1 aliphatic rings. The Balaban J connectivity index is 1.78. The second-order valence-corrected chi connectivity index (χ2v) is 4.79. The second kappa shape index (κ2) is 5.43. The molecule has 0 amide bonds. The summed E-state index contributed by atoms with van der Waals surface area (Å²) in [5, 5.41) is 0. The maximum Gasteiger partial charge on any atom is 0.231 e. The molecule has 0 saturated heterocycles. The molecule has 20 heavy (non-hydrogen) atoms. The third-order valence-corrected chi connectivity index (χ3v) is 3.29. The van der Waals surface area contributed by atoms with Crippen molar-refractivity contribution in [3.63, 3.8) is 0 Å². The Morgan fingerprint density at radius 2 is 1.80 bits per heavy atom. The van der Waals surface area contributed by atoms with E-state index in [0.29, 0.717) is 18.9 Å². The van der Waals surface area contributed by atoms with E-state index in [2.05, 4.69) is 31.2 Å². The van der Waals surface area contributed by atoms with Crippen LogP contribution in [0.5, 0.6) is 17.2 Å². The fraction of sp³-hybridized carbons (Fsp3) is 0.250. The molecule has 2 aromatic rings. The first-order valence-electron chi connectivity index (χ1n) is 6.57. The maximum absolute atomic E-state index is 5.86. The zero-order valence-corrected chi connectivity index (χ0v) is 11.4. The fourth-order valence-corrected chi connectivity index (χ4v) is 2.10. The largest absolute Gasteiger partial charge is 0.488 e. The van der Waals surface area contributed by atoms with Gasteiger partial charge in [-0.15, -0.1) is 0 Å². The fourth-order valence-electron chi connectivity index (χ4n) is 2.10. The van der Waals surface area contributed by atoms with Crippen LogP contribution in [0.1, 0.15) is 16.7 Å². The van der Waals surface area contributed by atoms with E-state index in [0.717, 1.165) is 22.6 Å². The van der Waals surface area contributed by atoms with Crippen LogP contribution < -0.4 is 19.9 Å². The molecule has 1 aliphatic heterocycles. The molecular weight excluding hydrogens is 254 g/mol. The molecule has 0 saturated carbocycles. The number of hydrogen-bond donors (Lipinski definition) is 1. The molecule has 3 rings (SSSR count). The van der Waals surface area contributed by atoms with E-state index in [9.17, 15) is 0 Å². The summed E-state index contributed by atoms with van der Waals surface area (Å²) in [5.74, 6) is 2.19. The average Bonchev–Trinajstić information content (AvgIpc) is 2.92. The number of aryl methyl sites for hydroxylation is 1. The molecule has 0 bridgehead atoms. The molecule has 0 fully saturated rings. The van der Waals surface area contributed by atoms with Crippen LogP contribution in [0, 0.1) is 6.92 Å². The number of rotatable bonds is 4. The van der Waals surface area contributed by atoms with Crippen LogP contribution >= 0.6 is 0 Å². The molecule has 1 heterocycles. The van der Waals surface area contributed by atoms with E-state index in [4.69, 9.17) is 19.9 Å². The Morgan fingerprint density at radius 3 is 2.50 bits per heavy atom. The molecule has 0 atom stereocenters. The molecule has 4 heteroatoms. The van der Waals surface area contributed by atoms with Gasteiger partial charge in [0.1, 0.15) is 12.4 Å². The summed E-state index contributed by atoms with van der Waals surface area (Å²) >= 11 is 0. The molecule has 0 spiro atoms. The summed E-state index contributed by atoms with van der Waals surface area (Å²) < 4.78 is 16.6. The Morgan fingerprint density at radius 1 is 1.10 bits per heavy atom. The normalized spacial score (nSPS) is 12.5. The lowest BCUT2D eigenvalue weighted by Gasteiger charge is -2.11. The average molecular weight is 271 g/mol. The van der Waals surface area contributed by atoms with E-state index < -0.39 is 0 Å². The van der Waals surface area contributed by atoms with Crippen molar-refractivity contribution < 1.29 is 14.2 Å². The second-order valence-electron chi connectivity index (χ2n) is 4.79. The van der Waals surface area contributed by atoms with Crippen LogP contribution in [0.4, 0.5) is 0 Å². The van der Waals surface area contributed by atoms with Gasteiger partial charge in [0.2, 0.25) is 6.79 Å².